The molecule has 0 aromatic heterocycles. The Morgan fingerprint density at radius 2 is 1.79 bits per heavy atom. The van der Waals surface area contributed by atoms with Gasteiger partial charge in [0.05, 0.1) is 10.6 Å². The van der Waals surface area contributed by atoms with Crippen molar-refractivity contribution in [2.24, 2.45) is 0 Å². The highest BCUT2D eigenvalue weighted by molar-refractivity contribution is 6.34. The van der Waals surface area contributed by atoms with Gasteiger partial charge in [-0.15, -0.1) is 0 Å². The van der Waals surface area contributed by atoms with Gasteiger partial charge in [-0.05, 0) is 49.2 Å². The molecule has 0 aliphatic carbocycles. The Kier molecular flexibility index (Phi) is 6.79. The monoisotopic (exact) mass is 434 g/mol. The van der Waals surface area contributed by atoms with Gasteiger partial charge in [0.1, 0.15) is 5.75 Å². The Bertz CT molecular complexity index is 908. The number of ether oxygens (including phenoxy) is 1. The molecule has 0 saturated carbocycles. The maximum atomic E-state index is 13.3. The van der Waals surface area contributed by atoms with Crippen molar-refractivity contribution >= 4 is 40.8 Å². The second kappa shape index (κ2) is 8.70. The van der Waals surface area contributed by atoms with E-state index >= 15 is 0 Å². The minimum atomic E-state index is -4.22. The summed E-state index contributed by atoms with van der Waals surface area (Å²) in [5.41, 5.74) is -2.15. The largest absolute Gasteiger partial charge is 0.444 e. The van der Waals surface area contributed by atoms with E-state index in [9.17, 15) is 22.8 Å². The Hall–Kier alpha value is -2.45. The van der Waals surface area contributed by atoms with Gasteiger partial charge in [0, 0.05) is 5.69 Å². The Morgan fingerprint density at radius 3 is 2.39 bits per heavy atom. The molecule has 1 atom stereocenters. The van der Waals surface area contributed by atoms with Gasteiger partial charge in [0.15, 0.2) is 0 Å². The lowest BCUT2D eigenvalue weighted by molar-refractivity contribution is -0.199. The highest BCUT2D eigenvalue weighted by Gasteiger charge is 2.42. The minimum absolute atomic E-state index is 0.111. The first-order chi connectivity index (χ1) is 13.0. The van der Waals surface area contributed by atoms with Crippen molar-refractivity contribution in [2.75, 3.05) is 5.32 Å². The molecule has 0 aliphatic rings. The number of imide groups is 1. The van der Waals surface area contributed by atoms with Gasteiger partial charge >= 0.3 is 12.1 Å². The zero-order valence-electron chi connectivity index (χ0n) is 14.7. The van der Waals surface area contributed by atoms with Crippen molar-refractivity contribution in [3.63, 3.8) is 0 Å². The third-order valence-corrected chi connectivity index (χ3v) is 4.20. The van der Waals surface area contributed by atoms with Crippen LogP contribution in [0.15, 0.2) is 36.4 Å². The van der Waals surface area contributed by atoms with Crippen molar-refractivity contribution in [3.8, 4) is 5.75 Å². The Balaban J connectivity index is 2.12. The molecule has 0 aliphatic heterocycles. The average molecular weight is 435 g/mol. The van der Waals surface area contributed by atoms with Crippen LogP contribution in [0.5, 0.6) is 5.75 Å². The quantitative estimate of drug-likeness (QED) is 0.616. The van der Waals surface area contributed by atoms with Gasteiger partial charge in [0.25, 0.3) is 11.5 Å². The number of rotatable bonds is 5. The summed E-state index contributed by atoms with van der Waals surface area (Å²) in [5.74, 6) is -1.02. The van der Waals surface area contributed by atoms with Crippen LogP contribution in [0, 0.1) is 13.8 Å². The van der Waals surface area contributed by atoms with Crippen LogP contribution in [0.1, 0.15) is 21.5 Å². The van der Waals surface area contributed by atoms with Crippen LogP contribution < -0.4 is 15.4 Å². The standard InChI is InChI=1S/C18H15Cl2F3N2O3/c1-9-8-14(28-18(22,23)16(20)21)10(2)7-13(9)24-17(27)25-15(26)11-5-3-4-6-12(11)19/h3-8,16H,1-2H3,(H2,24,25,26,27). The summed E-state index contributed by atoms with van der Waals surface area (Å²) in [6, 6.07) is 7.84. The summed E-state index contributed by atoms with van der Waals surface area (Å²) in [5, 5.41) is 4.71. The maximum absolute atomic E-state index is 13.3. The first kappa shape index (κ1) is 21.8. The molecule has 28 heavy (non-hydrogen) atoms. The number of urea groups is 1. The van der Waals surface area contributed by atoms with Crippen LogP contribution in [-0.2, 0) is 0 Å². The van der Waals surface area contributed by atoms with Crippen molar-refractivity contribution in [1.82, 2.24) is 5.32 Å². The van der Waals surface area contributed by atoms with E-state index in [4.69, 9.17) is 23.2 Å². The number of alkyl halides is 4. The third-order valence-electron chi connectivity index (χ3n) is 3.62. The zero-order valence-corrected chi connectivity index (χ0v) is 16.2. The fourth-order valence-electron chi connectivity index (χ4n) is 2.19. The molecule has 2 aromatic rings. The second-order valence-electron chi connectivity index (χ2n) is 5.79. The van der Waals surface area contributed by atoms with E-state index in [1.807, 2.05) is 0 Å². The number of hydrogen-bond acceptors (Lipinski definition) is 3. The summed E-state index contributed by atoms with van der Waals surface area (Å²) in [6.07, 6.45) is -4.22. The summed E-state index contributed by atoms with van der Waals surface area (Å²) in [4.78, 5) is 24.2. The highest BCUT2D eigenvalue weighted by atomic mass is 35.5. The van der Waals surface area contributed by atoms with E-state index in [0.29, 0.717) is 5.56 Å². The van der Waals surface area contributed by atoms with Gasteiger partial charge in [-0.1, -0.05) is 35.3 Å². The minimum Gasteiger partial charge on any atom is -0.429 e. The van der Waals surface area contributed by atoms with Gasteiger partial charge in [-0.25, -0.2) is 9.18 Å². The van der Waals surface area contributed by atoms with Gasteiger partial charge < -0.3 is 10.1 Å². The maximum Gasteiger partial charge on any atom is 0.444 e. The average Bonchev–Trinajstić information content (AvgIpc) is 2.59. The lowest BCUT2D eigenvalue weighted by Crippen LogP contribution is -2.35. The molecule has 2 N–H and O–H groups in total. The normalized spacial score (nSPS) is 12.2. The lowest BCUT2D eigenvalue weighted by atomic mass is 10.1. The first-order valence-corrected chi connectivity index (χ1v) is 8.66. The number of anilines is 1. The molecule has 3 amide bonds. The molecule has 2 rings (SSSR count). The van der Waals surface area contributed by atoms with Crippen LogP contribution in [0.3, 0.4) is 0 Å². The molecule has 0 fully saturated rings. The summed E-state index contributed by atoms with van der Waals surface area (Å²) in [7, 11) is 0. The van der Waals surface area contributed by atoms with E-state index in [0.717, 1.165) is 0 Å². The van der Waals surface area contributed by atoms with E-state index in [2.05, 4.69) is 15.4 Å². The summed E-state index contributed by atoms with van der Waals surface area (Å²) < 4.78 is 43.7. The topological polar surface area (TPSA) is 67.4 Å². The highest BCUT2D eigenvalue weighted by Crippen LogP contribution is 2.33. The third kappa shape index (κ3) is 5.30. The predicted octanol–water partition coefficient (Wildman–Crippen LogP) is 5.42. The van der Waals surface area contributed by atoms with Crippen LogP contribution >= 0.6 is 23.2 Å². The number of hydrogen-bond donors (Lipinski definition) is 2. The zero-order chi connectivity index (χ0) is 21.1. The number of aryl methyl sites for hydroxylation is 2. The predicted molar refractivity (Wildman–Crippen MR) is 100 cm³/mol. The first-order valence-electron chi connectivity index (χ1n) is 7.84. The van der Waals surface area contributed by atoms with Gasteiger partial charge in [-0.2, -0.15) is 8.78 Å². The van der Waals surface area contributed by atoms with Crippen LogP contribution in [0.2, 0.25) is 5.02 Å². The molecule has 0 radical (unpaired) electrons. The van der Waals surface area contributed by atoms with Crippen LogP contribution in [0.25, 0.3) is 0 Å². The Morgan fingerprint density at radius 1 is 1.14 bits per heavy atom. The molecule has 10 heteroatoms. The summed E-state index contributed by atoms with van der Waals surface area (Å²) in [6.45, 7) is 2.92. The number of carbonyl (C=O) groups is 2. The van der Waals surface area contributed by atoms with Gasteiger partial charge in [0.2, 0.25) is 0 Å². The van der Waals surface area contributed by atoms with Crippen LogP contribution in [0.4, 0.5) is 23.7 Å². The number of carbonyl (C=O) groups excluding carboxylic acids is 2. The number of halogens is 5. The fraction of sp³-hybridized carbons (Fsp3) is 0.222. The molecular weight excluding hydrogens is 420 g/mol. The molecule has 5 nitrogen and oxygen atoms in total. The van der Waals surface area contributed by atoms with E-state index in [1.165, 1.54) is 38.1 Å². The molecule has 0 heterocycles. The summed E-state index contributed by atoms with van der Waals surface area (Å²) >= 11 is 10.7. The molecular formula is C18H15Cl2F3N2O3. The molecule has 0 saturated heterocycles. The number of nitrogens with one attached hydrogen (secondary N) is 2. The smallest absolute Gasteiger partial charge is 0.429 e. The van der Waals surface area contributed by atoms with E-state index in [-0.39, 0.29) is 27.6 Å². The molecule has 1 unspecified atom stereocenters. The molecule has 0 bridgehead atoms. The molecule has 0 spiro atoms. The number of amides is 3. The molecule has 2 aromatic carbocycles. The fourth-order valence-corrected chi connectivity index (χ4v) is 2.46. The SMILES string of the molecule is Cc1cc(OC(F)(F)C(F)Cl)c(C)cc1NC(=O)NC(=O)c1ccccc1Cl. The van der Waals surface area contributed by atoms with E-state index in [1.54, 1.807) is 12.1 Å². The van der Waals surface area contributed by atoms with Crippen LogP contribution in [-0.4, -0.2) is 23.7 Å². The van der Waals surface area contributed by atoms with Crippen molar-refractivity contribution < 1.29 is 27.5 Å². The van der Waals surface area contributed by atoms with Crippen molar-refractivity contribution in [1.29, 1.82) is 0 Å². The van der Waals surface area contributed by atoms with Crippen molar-refractivity contribution in [3.05, 3.63) is 58.1 Å². The number of benzene rings is 2. The van der Waals surface area contributed by atoms with Gasteiger partial charge in [-0.3, -0.25) is 10.1 Å². The lowest BCUT2D eigenvalue weighted by Gasteiger charge is -2.20. The van der Waals surface area contributed by atoms with Crippen molar-refractivity contribution in [2.45, 2.75) is 25.6 Å². The second-order valence-corrected chi connectivity index (χ2v) is 6.58. The molecule has 150 valence electrons. The van der Waals surface area contributed by atoms with E-state index < -0.39 is 23.7 Å². The Labute approximate surface area is 168 Å².